The van der Waals surface area contributed by atoms with Gasteiger partial charge in [-0.15, -0.1) is 11.3 Å². The molecule has 29 heavy (non-hydrogen) atoms. The van der Waals surface area contributed by atoms with Crippen LogP contribution in [0.4, 0.5) is 5.69 Å². The van der Waals surface area contributed by atoms with E-state index in [4.69, 9.17) is 4.74 Å². The first-order chi connectivity index (χ1) is 13.8. The summed E-state index contributed by atoms with van der Waals surface area (Å²) in [7, 11) is 2.91. The molecule has 0 spiro atoms. The van der Waals surface area contributed by atoms with Crippen LogP contribution in [0, 0.1) is 0 Å². The third-order valence-electron chi connectivity index (χ3n) is 4.15. The van der Waals surface area contributed by atoms with Gasteiger partial charge in [-0.1, -0.05) is 0 Å². The standard InChI is InChI=1S/C20H19N3O5S/c1-4-28-19(26)16-10-13-9-14(6-7-15(13)29-16)21-17(24)8-5-12-11-22(2)20(27)23(3)18(12)25/h5-11H,4H2,1-3H3,(H,21,24)/b8-5+. The number of nitrogens with zero attached hydrogens (tertiary/aromatic N) is 2. The lowest BCUT2D eigenvalue weighted by atomic mass is 10.2. The Bertz CT molecular complexity index is 1250. The van der Waals surface area contributed by atoms with Gasteiger partial charge < -0.3 is 14.6 Å². The van der Waals surface area contributed by atoms with Crippen molar-refractivity contribution in [3.05, 3.63) is 67.8 Å². The number of hydrogen-bond acceptors (Lipinski definition) is 6. The minimum atomic E-state index is -0.483. The topological polar surface area (TPSA) is 99.4 Å². The van der Waals surface area contributed by atoms with Gasteiger partial charge in [0.25, 0.3) is 5.56 Å². The number of hydrogen-bond donors (Lipinski definition) is 1. The first-order valence-corrected chi connectivity index (χ1v) is 9.58. The molecule has 150 valence electrons. The Hall–Kier alpha value is -3.46. The van der Waals surface area contributed by atoms with Gasteiger partial charge >= 0.3 is 11.7 Å². The summed E-state index contributed by atoms with van der Waals surface area (Å²) in [5.74, 6) is -0.804. The third-order valence-corrected chi connectivity index (χ3v) is 5.24. The molecule has 0 fully saturated rings. The number of anilines is 1. The Morgan fingerprint density at radius 1 is 1.21 bits per heavy atom. The van der Waals surface area contributed by atoms with Crippen LogP contribution in [-0.4, -0.2) is 27.6 Å². The molecule has 0 unspecified atom stereocenters. The Balaban J connectivity index is 1.78. The van der Waals surface area contributed by atoms with Crippen LogP contribution in [0.15, 0.2) is 46.1 Å². The van der Waals surface area contributed by atoms with Crippen molar-refractivity contribution in [3.8, 4) is 0 Å². The summed E-state index contributed by atoms with van der Waals surface area (Å²) >= 11 is 1.32. The lowest BCUT2D eigenvalue weighted by Crippen LogP contribution is -2.37. The van der Waals surface area contributed by atoms with Crippen molar-refractivity contribution in [1.29, 1.82) is 0 Å². The smallest absolute Gasteiger partial charge is 0.348 e. The number of amides is 1. The lowest BCUT2D eigenvalue weighted by Gasteiger charge is -2.04. The zero-order valence-corrected chi connectivity index (χ0v) is 16.9. The number of carbonyl (C=O) groups is 2. The summed E-state index contributed by atoms with van der Waals surface area (Å²) in [6, 6.07) is 7.01. The number of aromatic nitrogens is 2. The molecule has 0 radical (unpaired) electrons. The molecule has 3 aromatic rings. The molecular formula is C20H19N3O5S. The largest absolute Gasteiger partial charge is 0.462 e. The fourth-order valence-electron chi connectivity index (χ4n) is 2.72. The highest BCUT2D eigenvalue weighted by molar-refractivity contribution is 7.20. The maximum absolute atomic E-state index is 12.2. The summed E-state index contributed by atoms with van der Waals surface area (Å²) in [6.45, 7) is 2.05. The van der Waals surface area contributed by atoms with E-state index in [9.17, 15) is 19.2 Å². The number of nitrogens with one attached hydrogen (secondary N) is 1. The van der Waals surface area contributed by atoms with Crippen molar-refractivity contribution >= 4 is 45.1 Å². The van der Waals surface area contributed by atoms with Crippen LogP contribution in [0.5, 0.6) is 0 Å². The molecule has 1 amide bonds. The number of benzene rings is 1. The van der Waals surface area contributed by atoms with Crippen molar-refractivity contribution in [3.63, 3.8) is 0 Å². The van der Waals surface area contributed by atoms with Crippen LogP contribution < -0.4 is 16.6 Å². The molecule has 3 rings (SSSR count). The predicted molar refractivity (Wildman–Crippen MR) is 112 cm³/mol. The number of thiophene rings is 1. The molecule has 0 atom stereocenters. The second-order valence-corrected chi connectivity index (χ2v) is 7.33. The molecule has 9 heteroatoms. The van der Waals surface area contributed by atoms with Crippen molar-refractivity contribution in [2.45, 2.75) is 6.92 Å². The van der Waals surface area contributed by atoms with Crippen molar-refractivity contribution in [2.24, 2.45) is 14.1 Å². The summed E-state index contributed by atoms with van der Waals surface area (Å²) in [5, 5.41) is 3.53. The fourth-order valence-corrected chi connectivity index (χ4v) is 3.66. The van der Waals surface area contributed by atoms with E-state index >= 15 is 0 Å². The molecule has 0 saturated heterocycles. The minimum Gasteiger partial charge on any atom is -0.462 e. The van der Waals surface area contributed by atoms with E-state index < -0.39 is 17.2 Å². The number of rotatable bonds is 5. The zero-order valence-electron chi connectivity index (χ0n) is 16.1. The quantitative estimate of drug-likeness (QED) is 0.510. The first kappa shape index (κ1) is 20.3. The van der Waals surface area contributed by atoms with Gasteiger partial charge in [-0.3, -0.25) is 14.2 Å². The van der Waals surface area contributed by atoms with Gasteiger partial charge in [-0.05, 0) is 42.7 Å². The monoisotopic (exact) mass is 413 g/mol. The molecule has 1 N–H and O–H groups in total. The Kier molecular flexibility index (Phi) is 5.79. The van der Waals surface area contributed by atoms with Crippen LogP contribution in [0.1, 0.15) is 22.2 Å². The van der Waals surface area contributed by atoms with Gasteiger partial charge in [-0.25, -0.2) is 9.59 Å². The molecule has 0 aliphatic heterocycles. The highest BCUT2D eigenvalue weighted by Gasteiger charge is 2.12. The molecule has 0 aliphatic rings. The van der Waals surface area contributed by atoms with Crippen LogP contribution >= 0.6 is 11.3 Å². The Labute approximate surface area is 169 Å². The number of ether oxygens (including phenoxy) is 1. The first-order valence-electron chi connectivity index (χ1n) is 8.76. The molecule has 0 bridgehead atoms. The van der Waals surface area contributed by atoms with E-state index in [0.29, 0.717) is 17.2 Å². The highest BCUT2D eigenvalue weighted by Crippen LogP contribution is 2.28. The van der Waals surface area contributed by atoms with Crippen molar-refractivity contribution in [1.82, 2.24) is 9.13 Å². The summed E-state index contributed by atoms with van der Waals surface area (Å²) in [5.41, 5.74) is -0.156. The third kappa shape index (κ3) is 4.35. The van der Waals surface area contributed by atoms with Gasteiger partial charge in [0.1, 0.15) is 4.88 Å². The van der Waals surface area contributed by atoms with Gasteiger partial charge in [0.15, 0.2) is 0 Å². The second kappa shape index (κ2) is 8.27. The number of aryl methyl sites for hydroxylation is 1. The molecular weight excluding hydrogens is 394 g/mol. The summed E-state index contributed by atoms with van der Waals surface area (Å²) in [4.78, 5) is 48.4. The molecule has 1 aromatic carbocycles. The molecule has 2 heterocycles. The number of carbonyl (C=O) groups excluding carboxylic acids is 2. The highest BCUT2D eigenvalue weighted by atomic mass is 32.1. The lowest BCUT2D eigenvalue weighted by molar-refractivity contribution is -0.111. The average Bonchev–Trinajstić information content (AvgIpc) is 3.12. The van der Waals surface area contributed by atoms with Gasteiger partial charge in [-0.2, -0.15) is 0 Å². The fraction of sp³-hybridized carbons (Fsp3) is 0.200. The maximum Gasteiger partial charge on any atom is 0.348 e. The number of fused-ring (bicyclic) bond motifs is 1. The van der Waals surface area contributed by atoms with E-state index in [1.165, 1.54) is 48.3 Å². The van der Waals surface area contributed by atoms with E-state index in [1.54, 1.807) is 25.1 Å². The average molecular weight is 413 g/mol. The Morgan fingerprint density at radius 3 is 2.69 bits per heavy atom. The Morgan fingerprint density at radius 2 is 1.97 bits per heavy atom. The van der Waals surface area contributed by atoms with Crippen molar-refractivity contribution in [2.75, 3.05) is 11.9 Å². The number of esters is 1. The van der Waals surface area contributed by atoms with E-state index in [1.807, 2.05) is 6.07 Å². The van der Waals surface area contributed by atoms with Gasteiger partial charge in [0.2, 0.25) is 5.91 Å². The van der Waals surface area contributed by atoms with Crippen LogP contribution in [0.25, 0.3) is 16.2 Å². The maximum atomic E-state index is 12.2. The zero-order chi connectivity index (χ0) is 21.1. The predicted octanol–water partition coefficient (Wildman–Crippen LogP) is 2.13. The van der Waals surface area contributed by atoms with Gasteiger partial charge in [0.05, 0.1) is 12.2 Å². The van der Waals surface area contributed by atoms with Crippen LogP contribution in [-0.2, 0) is 23.6 Å². The normalized spacial score (nSPS) is 11.1. The second-order valence-electron chi connectivity index (χ2n) is 6.25. The van der Waals surface area contributed by atoms with Crippen molar-refractivity contribution < 1.29 is 14.3 Å². The minimum absolute atomic E-state index is 0.220. The van der Waals surface area contributed by atoms with E-state index in [2.05, 4.69) is 5.32 Å². The summed E-state index contributed by atoms with van der Waals surface area (Å²) < 4.78 is 8.15. The van der Waals surface area contributed by atoms with Gasteiger partial charge in [0, 0.05) is 36.8 Å². The molecule has 2 aromatic heterocycles. The molecule has 0 aliphatic carbocycles. The van der Waals surface area contributed by atoms with Crippen LogP contribution in [0.2, 0.25) is 0 Å². The summed E-state index contributed by atoms with van der Waals surface area (Å²) in [6.07, 6.45) is 3.96. The van der Waals surface area contributed by atoms with E-state index in [-0.39, 0.29) is 11.5 Å². The van der Waals surface area contributed by atoms with E-state index in [0.717, 1.165) is 14.7 Å². The molecule has 8 nitrogen and oxygen atoms in total. The SMILES string of the molecule is CCOC(=O)c1cc2cc(NC(=O)/C=C/c3cn(C)c(=O)n(C)c3=O)ccc2s1. The molecule has 0 saturated carbocycles. The van der Waals surface area contributed by atoms with Crippen LogP contribution in [0.3, 0.4) is 0 Å².